The summed E-state index contributed by atoms with van der Waals surface area (Å²) >= 11 is 6.14. The molecule has 6 nitrogen and oxygen atoms in total. The fourth-order valence-corrected chi connectivity index (χ4v) is 4.91. The van der Waals surface area contributed by atoms with Crippen molar-refractivity contribution in [3.8, 4) is 0 Å². The van der Waals surface area contributed by atoms with Crippen LogP contribution in [-0.4, -0.2) is 46.4 Å². The average molecular weight is 447 g/mol. The maximum Gasteiger partial charge on any atom is 0.319 e. The van der Waals surface area contributed by atoms with Crippen molar-refractivity contribution in [2.45, 2.75) is 18.5 Å². The summed E-state index contributed by atoms with van der Waals surface area (Å²) in [6, 6.07) is 20.8. The number of amides is 3. The first-order valence-electron chi connectivity index (χ1n) is 10.7. The fraction of sp³-hybridized carbons (Fsp3) is 0.240. The lowest BCUT2D eigenvalue weighted by Gasteiger charge is -2.46. The Hall–Kier alpha value is -3.38. The molecule has 2 aromatic carbocycles. The molecular weight excluding hydrogens is 424 g/mol. The number of pyridine rings is 1. The van der Waals surface area contributed by atoms with Gasteiger partial charge in [0.15, 0.2) is 5.66 Å². The highest BCUT2D eigenvalue weighted by atomic mass is 35.5. The van der Waals surface area contributed by atoms with E-state index < -0.39 is 5.66 Å². The van der Waals surface area contributed by atoms with Gasteiger partial charge in [-0.25, -0.2) is 4.79 Å². The van der Waals surface area contributed by atoms with E-state index in [0.717, 1.165) is 17.5 Å². The molecule has 1 unspecified atom stereocenters. The van der Waals surface area contributed by atoms with Crippen molar-refractivity contribution in [3.63, 3.8) is 0 Å². The summed E-state index contributed by atoms with van der Waals surface area (Å²) in [6.45, 7) is 1.42. The Balaban J connectivity index is 1.48. The minimum absolute atomic E-state index is 0.103. The number of fused-ring (bicyclic) bond motifs is 2. The SMILES string of the molecule is O=C(NCCc1ccccc1)N1CCN2C(=O)c3cccnc3CC12c1ccc(Cl)cc1. The lowest BCUT2D eigenvalue weighted by molar-refractivity contribution is 0.0195. The molecule has 0 saturated carbocycles. The van der Waals surface area contributed by atoms with Gasteiger partial charge in [0.2, 0.25) is 0 Å². The largest absolute Gasteiger partial charge is 0.338 e. The molecule has 7 heteroatoms. The monoisotopic (exact) mass is 446 g/mol. The number of carbonyl (C=O) groups is 2. The zero-order valence-electron chi connectivity index (χ0n) is 17.5. The van der Waals surface area contributed by atoms with Crippen LogP contribution < -0.4 is 5.32 Å². The molecule has 1 atom stereocenters. The summed E-state index contributed by atoms with van der Waals surface area (Å²) in [7, 11) is 0. The summed E-state index contributed by atoms with van der Waals surface area (Å²) in [4.78, 5) is 34.9. The molecule has 3 amide bonds. The van der Waals surface area contributed by atoms with Crippen LogP contribution in [0.4, 0.5) is 4.79 Å². The molecule has 1 fully saturated rings. The Morgan fingerprint density at radius 1 is 1.03 bits per heavy atom. The van der Waals surface area contributed by atoms with E-state index in [9.17, 15) is 9.59 Å². The topological polar surface area (TPSA) is 65.5 Å². The van der Waals surface area contributed by atoms with Gasteiger partial charge in [0.1, 0.15) is 0 Å². The number of hydrogen-bond donors (Lipinski definition) is 1. The number of benzene rings is 2. The van der Waals surface area contributed by atoms with Crippen LogP contribution >= 0.6 is 11.6 Å². The second-order valence-electron chi connectivity index (χ2n) is 8.07. The average Bonchev–Trinajstić information content (AvgIpc) is 3.21. The Labute approximate surface area is 191 Å². The molecular formula is C25H23ClN4O2. The maximum absolute atomic E-state index is 13.4. The van der Waals surface area contributed by atoms with Crippen molar-refractivity contribution in [1.29, 1.82) is 0 Å². The molecule has 3 aromatic rings. The number of carbonyl (C=O) groups excluding carboxylic acids is 2. The molecule has 162 valence electrons. The molecule has 1 saturated heterocycles. The van der Waals surface area contributed by atoms with E-state index in [1.54, 1.807) is 40.3 Å². The van der Waals surface area contributed by atoms with E-state index in [1.165, 1.54) is 0 Å². The van der Waals surface area contributed by atoms with Gasteiger partial charge in [0.25, 0.3) is 5.91 Å². The van der Waals surface area contributed by atoms with Crippen LogP contribution in [-0.2, 0) is 18.5 Å². The highest BCUT2D eigenvalue weighted by Gasteiger charge is 2.56. The van der Waals surface area contributed by atoms with Crippen molar-refractivity contribution in [2.75, 3.05) is 19.6 Å². The van der Waals surface area contributed by atoms with Crippen LogP contribution in [0.15, 0.2) is 72.9 Å². The van der Waals surface area contributed by atoms with Crippen LogP contribution in [0, 0.1) is 0 Å². The third-order valence-corrected chi connectivity index (χ3v) is 6.56. The van der Waals surface area contributed by atoms with Gasteiger partial charge in [-0.3, -0.25) is 14.7 Å². The standard InChI is InChI=1S/C25H23ClN4O2/c26-20-10-8-19(9-11-20)25-17-22-21(7-4-13-27-22)23(31)29(25)15-16-30(25)24(32)28-14-12-18-5-2-1-3-6-18/h1-11,13H,12,14-17H2,(H,28,32). The van der Waals surface area contributed by atoms with Crippen molar-refractivity contribution in [2.24, 2.45) is 0 Å². The van der Waals surface area contributed by atoms with Crippen molar-refractivity contribution < 1.29 is 9.59 Å². The number of halogens is 1. The highest BCUT2D eigenvalue weighted by molar-refractivity contribution is 6.30. The van der Waals surface area contributed by atoms with Crippen LogP contribution in [0.1, 0.15) is 27.2 Å². The first kappa shape index (κ1) is 20.5. The second kappa shape index (κ2) is 8.28. The van der Waals surface area contributed by atoms with Gasteiger partial charge >= 0.3 is 6.03 Å². The number of aromatic nitrogens is 1. The Morgan fingerprint density at radius 2 is 1.81 bits per heavy atom. The summed E-state index contributed by atoms with van der Waals surface area (Å²) < 4.78 is 0. The van der Waals surface area contributed by atoms with Crippen molar-refractivity contribution in [1.82, 2.24) is 20.1 Å². The van der Waals surface area contributed by atoms with Gasteiger partial charge in [0.05, 0.1) is 11.3 Å². The molecule has 0 aliphatic carbocycles. The van der Waals surface area contributed by atoms with Crippen molar-refractivity contribution in [3.05, 3.63) is 100 Å². The first-order valence-corrected chi connectivity index (χ1v) is 11.1. The molecule has 32 heavy (non-hydrogen) atoms. The predicted octanol–water partition coefficient (Wildman–Crippen LogP) is 3.85. The van der Waals surface area contributed by atoms with Crippen LogP contribution in [0.25, 0.3) is 0 Å². The van der Waals surface area contributed by atoms with Crippen molar-refractivity contribution >= 4 is 23.5 Å². The van der Waals surface area contributed by atoms with Gasteiger partial charge in [-0.2, -0.15) is 0 Å². The Kier molecular flexibility index (Phi) is 5.31. The second-order valence-corrected chi connectivity index (χ2v) is 8.51. The lowest BCUT2D eigenvalue weighted by Crippen LogP contribution is -2.60. The van der Waals surface area contributed by atoms with Gasteiger partial charge in [0, 0.05) is 37.3 Å². The molecule has 2 aliphatic heterocycles. The number of hydrogen-bond acceptors (Lipinski definition) is 3. The normalized spacial score (nSPS) is 19.5. The van der Waals surface area contributed by atoms with E-state index in [1.807, 2.05) is 42.5 Å². The quantitative estimate of drug-likeness (QED) is 0.662. The summed E-state index contributed by atoms with van der Waals surface area (Å²) in [6.07, 6.45) is 2.86. The molecule has 2 aliphatic rings. The van der Waals surface area contributed by atoms with Gasteiger partial charge in [-0.15, -0.1) is 0 Å². The number of nitrogens with one attached hydrogen (secondary N) is 1. The Bertz CT molecular complexity index is 1150. The molecule has 1 N–H and O–H groups in total. The van der Waals surface area contributed by atoms with E-state index >= 15 is 0 Å². The van der Waals surface area contributed by atoms with Gasteiger partial charge in [-0.1, -0.05) is 54.1 Å². The molecule has 3 heterocycles. The molecule has 5 rings (SSSR count). The van der Waals surface area contributed by atoms with E-state index in [0.29, 0.717) is 42.3 Å². The lowest BCUT2D eigenvalue weighted by atomic mass is 9.86. The number of rotatable bonds is 4. The highest BCUT2D eigenvalue weighted by Crippen LogP contribution is 2.44. The molecule has 0 bridgehead atoms. The fourth-order valence-electron chi connectivity index (χ4n) is 4.78. The van der Waals surface area contributed by atoms with Gasteiger partial charge in [-0.05, 0) is 41.8 Å². The Morgan fingerprint density at radius 3 is 2.59 bits per heavy atom. The number of urea groups is 1. The van der Waals surface area contributed by atoms with E-state index in [-0.39, 0.29) is 11.9 Å². The minimum Gasteiger partial charge on any atom is -0.338 e. The maximum atomic E-state index is 13.4. The first-order chi connectivity index (χ1) is 15.6. The van der Waals surface area contributed by atoms with Crippen LogP contribution in [0.5, 0.6) is 0 Å². The van der Waals surface area contributed by atoms with Crippen LogP contribution in [0.2, 0.25) is 5.02 Å². The third kappa shape index (κ3) is 3.41. The molecule has 1 aromatic heterocycles. The zero-order chi connectivity index (χ0) is 22.1. The number of nitrogens with zero attached hydrogens (tertiary/aromatic N) is 3. The summed E-state index contributed by atoms with van der Waals surface area (Å²) in [5.41, 5.74) is 2.38. The predicted molar refractivity (Wildman–Crippen MR) is 122 cm³/mol. The van der Waals surface area contributed by atoms with E-state index in [4.69, 9.17) is 11.6 Å². The molecule has 0 spiro atoms. The third-order valence-electron chi connectivity index (χ3n) is 6.30. The smallest absolute Gasteiger partial charge is 0.319 e. The van der Waals surface area contributed by atoms with E-state index in [2.05, 4.69) is 10.3 Å². The summed E-state index contributed by atoms with van der Waals surface area (Å²) in [5.74, 6) is -0.103. The minimum atomic E-state index is -0.931. The van der Waals surface area contributed by atoms with Gasteiger partial charge < -0.3 is 10.2 Å². The molecule has 0 radical (unpaired) electrons. The van der Waals surface area contributed by atoms with Crippen LogP contribution in [0.3, 0.4) is 0 Å². The summed E-state index contributed by atoms with van der Waals surface area (Å²) in [5, 5.41) is 3.66. The zero-order valence-corrected chi connectivity index (χ0v) is 18.3.